The van der Waals surface area contributed by atoms with Crippen molar-refractivity contribution in [2.24, 2.45) is 0 Å². The molecule has 0 aliphatic carbocycles. The van der Waals surface area contributed by atoms with Crippen LogP contribution in [0.4, 0.5) is 0 Å². The van der Waals surface area contributed by atoms with Crippen LogP contribution < -0.4 is 10.2 Å². The average Bonchev–Trinajstić information content (AvgIpc) is 1.88. The summed E-state index contributed by atoms with van der Waals surface area (Å²) in [4.78, 5) is 1.42. The Kier molecular flexibility index (Phi) is 2.49. The van der Waals surface area contributed by atoms with Crippen molar-refractivity contribution in [2.75, 3.05) is 19.6 Å². The van der Waals surface area contributed by atoms with Gasteiger partial charge in [0, 0.05) is 6.54 Å². The molecule has 1 heterocycles. The van der Waals surface area contributed by atoms with Gasteiger partial charge in [0.1, 0.15) is 0 Å². The fraction of sp³-hybridized carbons (Fsp3) is 0.857. The second-order valence-corrected chi connectivity index (χ2v) is 2.76. The highest BCUT2D eigenvalue weighted by atomic mass is 15.2. The van der Waals surface area contributed by atoms with Crippen LogP contribution in [0.5, 0.6) is 0 Å². The van der Waals surface area contributed by atoms with Crippen LogP contribution in [0.1, 0.15) is 13.3 Å². The lowest BCUT2D eigenvalue weighted by Crippen LogP contribution is -3.11. The molecule has 0 aromatic heterocycles. The molecule has 2 unspecified atom stereocenters. The molecule has 0 aromatic carbocycles. The maximum absolute atomic E-state index is 3.97. The molecule has 0 radical (unpaired) electrons. The van der Waals surface area contributed by atoms with E-state index in [-0.39, 0.29) is 0 Å². The van der Waals surface area contributed by atoms with Crippen LogP contribution in [-0.4, -0.2) is 25.7 Å². The molecule has 1 saturated heterocycles. The molecule has 0 aromatic rings. The zero-order valence-electron chi connectivity index (χ0n) is 6.11. The predicted octanol–water partition coefficient (Wildman–Crippen LogP) is -0.955. The maximum atomic E-state index is 3.97. The number of piperazine rings is 1. The third kappa shape index (κ3) is 1.95. The van der Waals surface area contributed by atoms with Gasteiger partial charge < -0.3 is 10.2 Å². The van der Waals surface area contributed by atoms with Crippen molar-refractivity contribution in [3.05, 3.63) is 7.05 Å². The summed E-state index contributed by atoms with van der Waals surface area (Å²) in [5.41, 5.74) is 0. The summed E-state index contributed by atoms with van der Waals surface area (Å²) in [6.45, 7) is 5.72. The molecule has 0 amide bonds. The molecular formula is C7H16N2. The maximum Gasteiger partial charge on any atom is 0.0686 e. The molecule has 1 fully saturated rings. The van der Waals surface area contributed by atoms with Crippen molar-refractivity contribution in [3.8, 4) is 0 Å². The molecule has 2 atom stereocenters. The molecule has 0 bridgehead atoms. The van der Waals surface area contributed by atoms with Gasteiger partial charge in [0.25, 0.3) is 0 Å². The van der Waals surface area contributed by atoms with E-state index < -0.39 is 0 Å². The van der Waals surface area contributed by atoms with E-state index in [1.807, 2.05) is 0 Å². The minimum Gasteiger partial charge on any atom is -0.465 e. The van der Waals surface area contributed by atoms with Crippen molar-refractivity contribution in [1.82, 2.24) is 5.32 Å². The van der Waals surface area contributed by atoms with Gasteiger partial charge in [-0.3, -0.25) is 0 Å². The largest absolute Gasteiger partial charge is 0.465 e. The van der Waals surface area contributed by atoms with E-state index in [0.29, 0.717) is 6.04 Å². The normalized spacial score (nSPS) is 36.7. The van der Waals surface area contributed by atoms with E-state index in [0.717, 1.165) is 6.54 Å². The molecule has 2 nitrogen and oxygen atoms in total. The van der Waals surface area contributed by atoms with E-state index in [4.69, 9.17) is 0 Å². The lowest BCUT2D eigenvalue weighted by Gasteiger charge is -2.32. The first kappa shape index (κ1) is 7.03. The Labute approximate surface area is 57.2 Å². The standard InChI is InChI=1S/C7H16N2/c1-3-7-6-9(2)5-4-8-7/h7-9H,2-6H2,1H3. The summed E-state index contributed by atoms with van der Waals surface area (Å²) >= 11 is 0. The molecular weight excluding hydrogens is 112 g/mol. The number of hydrogen-bond acceptors (Lipinski definition) is 1. The molecule has 1 rings (SSSR count). The van der Waals surface area contributed by atoms with Crippen molar-refractivity contribution in [3.63, 3.8) is 0 Å². The SMILES string of the molecule is [CH2-][NH+]1CCNC(CC)C1. The Morgan fingerprint density at radius 3 is 3.00 bits per heavy atom. The first-order chi connectivity index (χ1) is 4.33. The van der Waals surface area contributed by atoms with Crippen LogP contribution in [0, 0.1) is 7.05 Å². The van der Waals surface area contributed by atoms with Gasteiger partial charge in [-0.15, -0.1) is 0 Å². The summed E-state index contributed by atoms with van der Waals surface area (Å²) in [5.74, 6) is 0. The minimum atomic E-state index is 0.714. The van der Waals surface area contributed by atoms with E-state index in [1.54, 1.807) is 0 Å². The number of nitrogens with one attached hydrogen (secondary N) is 2. The molecule has 54 valence electrons. The van der Waals surface area contributed by atoms with Gasteiger partial charge in [-0.2, -0.15) is 7.05 Å². The first-order valence-corrected chi connectivity index (χ1v) is 3.73. The van der Waals surface area contributed by atoms with E-state index in [1.165, 1.54) is 24.4 Å². The first-order valence-electron chi connectivity index (χ1n) is 3.73. The van der Waals surface area contributed by atoms with Crippen molar-refractivity contribution >= 4 is 0 Å². The molecule has 1 aliphatic rings. The molecule has 9 heavy (non-hydrogen) atoms. The number of hydrogen-bond donors (Lipinski definition) is 2. The van der Waals surface area contributed by atoms with Gasteiger partial charge in [0.05, 0.1) is 19.1 Å². The highest BCUT2D eigenvalue weighted by Gasteiger charge is 2.13. The summed E-state index contributed by atoms with van der Waals surface area (Å²) in [6, 6.07) is 0.714. The van der Waals surface area contributed by atoms with Crippen LogP contribution in [0.2, 0.25) is 0 Å². The predicted molar refractivity (Wildman–Crippen MR) is 38.1 cm³/mol. The average molecular weight is 128 g/mol. The van der Waals surface area contributed by atoms with Crippen LogP contribution >= 0.6 is 0 Å². The zero-order valence-corrected chi connectivity index (χ0v) is 6.11. The lowest BCUT2D eigenvalue weighted by atomic mass is 10.2. The van der Waals surface area contributed by atoms with E-state index in [9.17, 15) is 0 Å². The Morgan fingerprint density at radius 1 is 1.78 bits per heavy atom. The minimum absolute atomic E-state index is 0.714. The Bertz CT molecular complexity index is 83.0. The summed E-state index contributed by atoms with van der Waals surface area (Å²) in [6.07, 6.45) is 1.24. The quantitative estimate of drug-likeness (QED) is 0.435. The number of quaternary nitrogens is 1. The van der Waals surface area contributed by atoms with Gasteiger partial charge >= 0.3 is 0 Å². The fourth-order valence-electron chi connectivity index (χ4n) is 1.26. The lowest BCUT2D eigenvalue weighted by molar-refractivity contribution is -0.858. The second-order valence-electron chi connectivity index (χ2n) is 2.76. The van der Waals surface area contributed by atoms with E-state index in [2.05, 4.69) is 19.3 Å². The fourth-order valence-corrected chi connectivity index (χ4v) is 1.26. The zero-order chi connectivity index (χ0) is 6.69. The topological polar surface area (TPSA) is 16.5 Å². The van der Waals surface area contributed by atoms with Crippen molar-refractivity contribution in [1.29, 1.82) is 0 Å². The summed E-state index contributed by atoms with van der Waals surface area (Å²) in [7, 11) is 3.97. The third-order valence-corrected chi connectivity index (χ3v) is 1.94. The van der Waals surface area contributed by atoms with Gasteiger partial charge in [0.2, 0.25) is 0 Å². The molecule has 0 spiro atoms. The third-order valence-electron chi connectivity index (χ3n) is 1.94. The Balaban J connectivity index is 2.23. The highest BCUT2D eigenvalue weighted by Crippen LogP contribution is 1.87. The van der Waals surface area contributed by atoms with Crippen LogP contribution in [0.15, 0.2) is 0 Å². The van der Waals surface area contributed by atoms with Gasteiger partial charge in [-0.25, -0.2) is 0 Å². The molecule has 0 saturated carbocycles. The van der Waals surface area contributed by atoms with Crippen LogP contribution in [-0.2, 0) is 0 Å². The Morgan fingerprint density at radius 2 is 2.56 bits per heavy atom. The van der Waals surface area contributed by atoms with Gasteiger partial charge in [-0.1, -0.05) is 6.92 Å². The smallest absolute Gasteiger partial charge is 0.0686 e. The summed E-state index contributed by atoms with van der Waals surface area (Å²) in [5, 5.41) is 3.44. The van der Waals surface area contributed by atoms with Crippen molar-refractivity contribution in [2.45, 2.75) is 19.4 Å². The monoisotopic (exact) mass is 128 g/mol. The number of rotatable bonds is 1. The molecule has 2 N–H and O–H groups in total. The van der Waals surface area contributed by atoms with Crippen molar-refractivity contribution < 1.29 is 4.90 Å². The van der Waals surface area contributed by atoms with E-state index >= 15 is 0 Å². The molecule has 1 aliphatic heterocycles. The van der Waals surface area contributed by atoms with Gasteiger partial charge in [-0.05, 0) is 6.42 Å². The van der Waals surface area contributed by atoms with Gasteiger partial charge in [0.15, 0.2) is 0 Å². The molecule has 2 heteroatoms. The summed E-state index contributed by atoms with van der Waals surface area (Å²) < 4.78 is 0. The highest BCUT2D eigenvalue weighted by molar-refractivity contribution is 4.65. The van der Waals surface area contributed by atoms with Crippen LogP contribution in [0.3, 0.4) is 0 Å². The second kappa shape index (κ2) is 3.18. The van der Waals surface area contributed by atoms with Crippen LogP contribution in [0.25, 0.3) is 0 Å². The Hall–Kier alpha value is -0.0800.